The van der Waals surface area contributed by atoms with Crippen molar-refractivity contribution >= 4 is 17.5 Å². The van der Waals surface area contributed by atoms with Crippen molar-refractivity contribution in [2.45, 2.75) is 38.1 Å². The molecule has 0 aromatic heterocycles. The summed E-state index contributed by atoms with van der Waals surface area (Å²) in [6, 6.07) is 2.43. The van der Waals surface area contributed by atoms with E-state index in [1.54, 1.807) is 11.8 Å². The normalized spacial score (nSPS) is 17.9. The quantitative estimate of drug-likeness (QED) is 0.911. The molecule has 8 heteroatoms. The highest BCUT2D eigenvalue weighted by molar-refractivity contribution is 6.32. The number of nitrogens with two attached hydrogens (primary N) is 1. The molecule has 128 valence electrons. The van der Waals surface area contributed by atoms with E-state index in [0.717, 1.165) is 12.1 Å². The van der Waals surface area contributed by atoms with Crippen molar-refractivity contribution in [2.24, 2.45) is 5.73 Å². The monoisotopic (exact) mass is 350 g/mol. The Morgan fingerprint density at radius 1 is 1.39 bits per heavy atom. The van der Waals surface area contributed by atoms with E-state index < -0.39 is 17.8 Å². The van der Waals surface area contributed by atoms with Crippen molar-refractivity contribution in [1.29, 1.82) is 0 Å². The van der Waals surface area contributed by atoms with Crippen LogP contribution in [0, 0.1) is 0 Å². The number of piperidine rings is 1. The smallest absolute Gasteiger partial charge is 0.416 e. The Balaban J connectivity index is 2.00. The third-order valence-corrected chi connectivity index (χ3v) is 4.01. The number of halogens is 4. The van der Waals surface area contributed by atoms with Crippen LogP contribution in [-0.2, 0) is 11.0 Å². The third kappa shape index (κ3) is 4.51. The van der Waals surface area contributed by atoms with Gasteiger partial charge in [-0.15, -0.1) is 0 Å². The van der Waals surface area contributed by atoms with Crippen LogP contribution < -0.4 is 10.5 Å². The van der Waals surface area contributed by atoms with Crippen LogP contribution in [0.5, 0.6) is 5.75 Å². The molecule has 1 fully saturated rings. The standard InChI is InChI=1S/C15H18ClF3N2O2/c1-9(20)14(22)21-6-4-11(5-7-21)23-13-8-10(15(17,18)19)2-3-12(13)16/h2-3,8-9,11H,4-7,20H2,1H3/t9-/m1/s1. The van der Waals surface area contributed by atoms with E-state index in [1.807, 2.05) is 0 Å². The van der Waals surface area contributed by atoms with Crippen LogP contribution in [0.15, 0.2) is 18.2 Å². The first-order valence-corrected chi connectivity index (χ1v) is 7.64. The molecule has 0 radical (unpaired) electrons. The summed E-state index contributed by atoms with van der Waals surface area (Å²) in [6.07, 6.45) is -3.70. The predicted octanol–water partition coefficient (Wildman–Crippen LogP) is 3.08. The van der Waals surface area contributed by atoms with E-state index in [1.165, 1.54) is 6.07 Å². The minimum absolute atomic E-state index is 0.0125. The molecule has 23 heavy (non-hydrogen) atoms. The second-order valence-electron chi connectivity index (χ2n) is 5.57. The summed E-state index contributed by atoms with van der Waals surface area (Å²) in [5.74, 6) is -0.126. The zero-order valence-corrected chi connectivity index (χ0v) is 13.3. The van der Waals surface area contributed by atoms with Gasteiger partial charge in [0, 0.05) is 25.9 Å². The van der Waals surface area contributed by atoms with E-state index in [0.29, 0.717) is 25.9 Å². The van der Waals surface area contributed by atoms with Crippen molar-refractivity contribution in [3.63, 3.8) is 0 Å². The van der Waals surface area contributed by atoms with Gasteiger partial charge >= 0.3 is 6.18 Å². The van der Waals surface area contributed by atoms with Crippen molar-refractivity contribution < 1.29 is 22.7 Å². The summed E-state index contributed by atoms with van der Waals surface area (Å²) in [7, 11) is 0. The Hall–Kier alpha value is -1.47. The fraction of sp³-hybridized carbons (Fsp3) is 0.533. The molecule has 1 aromatic carbocycles. The molecule has 1 heterocycles. The van der Waals surface area contributed by atoms with E-state index in [2.05, 4.69) is 0 Å². The van der Waals surface area contributed by atoms with Gasteiger partial charge in [0.15, 0.2) is 0 Å². The van der Waals surface area contributed by atoms with Crippen molar-refractivity contribution in [1.82, 2.24) is 4.90 Å². The molecule has 0 aliphatic carbocycles. The maximum absolute atomic E-state index is 12.7. The first kappa shape index (κ1) is 17.9. The molecule has 1 saturated heterocycles. The number of rotatable bonds is 3. The number of carbonyl (C=O) groups excluding carboxylic acids is 1. The summed E-state index contributed by atoms with van der Waals surface area (Å²) in [6.45, 7) is 2.54. The Bertz CT molecular complexity index is 570. The van der Waals surface area contributed by atoms with E-state index in [9.17, 15) is 18.0 Å². The molecule has 0 bridgehead atoms. The van der Waals surface area contributed by atoms with Gasteiger partial charge in [-0.2, -0.15) is 13.2 Å². The van der Waals surface area contributed by atoms with Crippen molar-refractivity contribution in [2.75, 3.05) is 13.1 Å². The Labute approximate surface area is 137 Å². The Morgan fingerprint density at radius 2 is 2.00 bits per heavy atom. The number of nitrogens with zero attached hydrogens (tertiary/aromatic N) is 1. The fourth-order valence-corrected chi connectivity index (χ4v) is 2.59. The van der Waals surface area contributed by atoms with Crippen LogP contribution in [0.25, 0.3) is 0 Å². The van der Waals surface area contributed by atoms with Crippen LogP contribution in [0.1, 0.15) is 25.3 Å². The number of hydrogen-bond acceptors (Lipinski definition) is 3. The van der Waals surface area contributed by atoms with Crippen molar-refractivity contribution in [3.8, 4) is 5.75 Å². The van der Waals surface area contributed by atoms with Gasteiger partial charge in [-0.05, 0) is 25.1 Å². The molecule has 0 spiro atoms. The third-order valence-electron chi connectivity index (χ3n) is 3.70. The van der Waals surface area contributed by atoms with E-state index in [-0.39, 0.29) is 22.8 Å². The molecule has 1 atom stereocenters. The average Bonchev–Trinajstić information content (AvgIpc) is 2.48. The SMILES string of the molecule is C[C@@H](N)C(=O)N1CCC(Oc2cc(C(F)(F)F)ccc2Cl)CC1. The van der Waals surface area contributed by atoms with Gasteiger partial charge in [0.1, 0.15) is 11.9 Å². The lowest BCUT2D eigenvalue weighted by molar-refractivity contribution is -0.138. The minimum atomic E-state index is -4.45. The largest absolute Gasteiger partial charge is 0.489 e. The topological polar surface area (TPSA) is 55.6 Å². The summed E-state index contributed by atoms with van der Waals surface area (Å²) >= 11 is 5.91. The van der Waals surface area contributed by atoms with Gasteiger partial charge in [-0.3, -0.25) is 4.79 Å². The molecule has 0 saturated carbocycles. The number of carbonyl (C=O) groups is 1. The van der Waals surface area contributed by atoms with Crippen LogP contribution in [0.4, 0.5) is 13.2 Å². The lowest BCUT2D eigenvalue weighted by atomic mass is 10.1. The predicted molar refractivity (Wildman–Crippen MR) is 80.3 cm³/mol. The molecule has 1 aromatic rings. The van der Waals surface area contributed by atoms with Gasteiger partial charge < -0.3 is 15.4 Å². The molecular weight excluding hydrogens is 333 g/mol. The summed E-state index contributed by atoms with van der Waals surface area (Å²) in [5.41, 5.74) is 4.75. The number of alkyl halides is 3. The molecule has 2 rings (SSSR count). The summed E-state index contributed by atoms with van der Waals surface area (Å²) in [5, 5.41) is 0.132. The number of amides is 1. The Morgan fingerprint density at radius 3 is 2.52 bits per heavy atom. The number of benzene rings is 1. The molecule has 2 N–H and O–H groups in total. The van der Waals surface area contributed by atoms with Gasteiger partial charge in [0.05, 0.1) is 16.6 Å². The first-order chi connectivity index (χ1) is 10.7. The van der Waals surface area contributed by atoms with Gasteiger partial charge in [-0.1, -0.05) is 11.6 Å². The maximum atomic E-state index is 12.7. The van der Waals surface area contributed by atoms with Crippen LogP contribution >= 0.6 is 11.6 Å². The molecule has 1 aliphatic rings. The molecule has 1 amide bonds. The minimum Gasteiger partial charge on any atom is -0.489 e. The van der Waals surface area contributed by atoms with Gasteiger partial charge in [-0.25, -0.2) is 0 Å². The van der Waals surface area contributed by atoms with Crippen molar-refractivity contribution in [3.05, 3.63) is 28.8 Å². The highest BCUT2D eigenvalue weighted by Crippen LogP contribution is 2.35. The first-order valence-electron chi connectivity index (χ1n) is 7.26. The second-order valence-corrected chi connectivity index (χ2v) is 5.98. The zero-order valence-electron chi connectivity index (χ0n) is 12.6. The number of hydrogen-bond donors (Lipinski definition) is 1. The second kappa shape index (κ2) is 6.97. The van der Waals surface area contributed by atoms with Crippen LogP contribution in [-0.4, -0.2) is 36.0 Å². The molecule has 1 aliphatic heterocycles. The van der Waals surface area contributed by atoms with Crippen LogP contribution in [0.3, 0.4) is 0 Å². The lowest BCUT2D eigenvalue weighted by Gasteiger charge is -2.33. The number of likely N-dealkylation sites (tertiary alicyclic amines) is 1. The molecule has 0 unspecified atom stereocenters. The van der Waals surface area contributed by atoms with Crippen LogP contribution in [0.2, 0.25) is 5.02 Å². The summed E-state index contributed by atoms with van der Waals surface area (Å²) < 4.78 is 43.8. The highest BCUT2D eigenvalue weighted by Gasteiger charge is 2.32. The van der Waals surface area contributed by atoms with Gasteiger partial charge in [0.25, 0.3) is 0 Å². The fourth-order valence-electron chi connectivity index (χ4n) is 2.43. The Kier molecular flexibility index (Phi) is 5.41. The zero-order chi connectivity index (χ0) is 17.2. The lowest BCUT2D eigenvalue weighted by Crippen LogP contribution is -2.47. The number of ether oxygens (including phenoxy) is 1. The molecule has 4 nitrogen and oxygen atoms in total. The molecular formula is C15H18ClF3N2O2. The highest BCUT2D eigenvalue weighted by atomic mass is 35.5. The maximum Gasteiger partial charge on any atom is 0.416 e. The van der Waals surface area contributed by atoms with Gasteiger partial charge in [0.2, 0.25) is 5.91 Å². The van der Waals surface area contributed by atoms with E-state index in [4.69, 9.17) is 22.1 Å². The summed E-state index contributed by atoms with van der Waals surface area (Å²) in [4.78, 5) is 13.4. The average molecular weight is 351 g/mol. The van der Waals surface area contributed by atoms with E-state index >= 15 is 0 Å².